The number of hydrogen-bond acceptors (Lipinski definition) is 5. The second-order valence-electron chi connectivity index (χ2n) is 24.2. The van der Waals surface area contributed by atoms with Crippen LogP contribution in [0.25, 0.3) is 27.9 Å². The van der Waals surface area contributed by atoms with Gasteiger partial charge >= 0.3 is 0 Å². The van der Waals surface area contributed by atoms with Crippen LogP contribution in [-0.2, 0) is 27.1 Å². The smallest absolute Gasteiger partial charge is 0.134 e. The normalized spacial score (nSPS) is 13.9. The van der Waals surface area contributed by atoms with Gasteiger partial charge in [0.1, 0.15) is 28.7 Å². The molecule has 0 atom stereocenters. The molecule has 5 aromatic carbocycles. The number of hydrogen-bond donors (Lipinski definition) is 0. The standard InChI is InChI=1S/C65H80O5/c1-36-46-26-41(61(6,7)8)28-48(56(46)66-21)37(2)50-30-43(63(12,13)14)32-52(58(50)68-23)39(4)54-34-45(65(18,19)20)35-55(60(54)70-25)40(5)53-33-44(64(15,16)17)31-51(59(53)69-24)38(3)49-29-42(62(9,10)11)27-47(36)57(49)67-22/h26-35H,1-5H2,6-25H3. The van der Waals surface area contributed by atoms with Gasteiger partial charge in [0.05, 0.1) is 35.5 Å². The van der Waals surface area contributed by atoms with Crippen LogP contribution in [0, 0.1) is 0 Å². The van der Waals surface area contributed by atoms with Gasteiger partial charge in [-0.2, -0.15) is 0 Å². The molecular formula is C65H80O5. The predicted octanol–water partition coefficient (Wildman–Crippen LogP) is 16.8. The molecule has 0 N–H and O–H groups in total. The lowest BCUT2D eigenvalue weighted by atomic mass is 9.77. The fourth-order valence-electron chi connectivity index (χ4n) is 9.38. The predicted molar refractivity (Wildman–Crippen MR) is 299 cm³/mol. The second-order valence-corrected chi connectivity index (χ2v) is 24.2. The molecule has 0 aromatic heterocycles. The molecule has 1 aliphatic carbocycles. The summed E-state index contributed by atoms with van der Waals surface area (Å²) in [5.74, 6) is 3.18. The average Bonchev–Trinajstić information content (AvgIpc) is 3.28. The van der Waals surface area contributed by atoms with Crippen molar-refractivity contribution in [2.24, 2.45) is 0 Å². The maximum Gasteiger partial charge on any atom is 0.134 e. The van der Waals surface area contributed by atoms with Crippen molar-refractivity contribution in [2.45, 2.75) is 131 Å². The first kappa shape index (κ1) is 53.2. The van der Waals surface area contributed by atoms with E-state index in [1.165, 1.54) is 0 Å². The minimum absolute atomic E-state index is 0.277. The van der Waals surface area contributed by atoms with Crippen molar-refractivity contribution in [1.29, 1.82) is 0 Å². The van der Waals surface area contributed by atoms with E-state index in [-0.39, 0.29) is 27.1 Å². The van der Waals surface area contributed by atoms with E-state index in [0.29, 0.717) is 28.7 Å². The molecule has 5 aromatic rings. The minimum Gasteiger partial charge on any atom is -0.495 e. The Bertz CT molecular complexity index is 2380. The third-order valence-corrected chi connectivity index (χ3v) is 14.0. The zero-order valence-electron chi connectivity index (χ0n) is 46.4. The summed E-state index contributed by atoms with van der Waals surface area (Å²) in [5, 5.41) is 0. The van der Waals surface area contributed by atoms with Gasteiger partial charge in [0.25, 0.3) is 0 Å². The molecule has 0 heterocycles. The highest BCUT2D eigenvalue weighted by molar-refractivity contribution is 5.99. The van der Waals surface area contributed by atoms with E-state index in [4.69, 9.17) is 56.6 Å². The highest BCUT2D eigenvalue weighted by Crippen LogP contribution is 2.52. The molecule has 1 aliphatic rings. The number of ether oxygens (including phenoxy) is 5. The van der Waals surface area contributed by atoms with Gasteiger partial charge in [-0.25, -0.2) is 0 Å². The molecule has 0 radical (unpaired) electrons. The third-order valence-electron chi connectivity index (χ3n) is 14.0. The average molecular weight is 941 g/mol. The Balaban J connectivity index is 1.96. The minimum atomic E-state index is -0.277. The Kier molecular flexibility index (Phi) is 14.1. The highest BCUT2D eigenvalue weighted by atomic mass is 16.5. The zero-order valence-corrected chi connectivity index (χ0v) is 46.4. The first-order valence-electron chi connectivity index (χ1n) is 24.4. The van der Waals surface area contributed by atoms with Crippen molar-refractivity contribution in [3.8, 4) is 28.7 Å². The lowest BCUT2D eigenvalue weighted by Crippen LogP contribution is -2.16. The lowest BCUT2D eigenvalue weighted by molar-refractivity contribution is 0.407. The number of rotatable bonds is 5. The molecule has 0 unspecified atom stereocenters. The van der Waals surface area contributed by atoms with Gasteiger partial charge in [0, 0.05) is 55.6 Å². The van der Waals surface area contributed by atoms with Crippen molar-refractivity contribution in [2.75, 3.05) is 35.5 Å². The molecule has 0 aliphatic heterocycles. The van der Waals surface area contributed by atoms with Gasteiger partial charge < -0.3 is 23.7 Å². The second kappa shape index (κ2) is 18.5. The Morgan fingerprint density at radius 2 is 0.329 bits per heavy atom. The number of benzene rings is 5. The van der Waals surface area contributed by atoms with E-state index in [1.807, 2.05) is 0 Å². The summed E-state index contributed by atoms with van der Waals surface area (Å²) in [7, 11) is 8.59. The SMILES string of the molecule is C=C1c2cc(C(C)(C)C)cc(c2OC)C(=C)c2cc(C(C)(C)C)cc(c2OC)C(=C)c2cc(C(C)(C)C)cc(c2OC)C(=C)c2cc(C(C)(C)C)cc(c2OC)C(=C)c2cc(C(C)(C)C)cc1c2OC. The van der Waals surface area contributed by atoms with E-state index in [1.54, 1.807) is 35.5 Å². The summed E-state index contributed by atoms with van der Waals surface area (Å²) in [6.45, 7) is 57.9. The molecule has 0 fully saturated rings. The van der Waals surface area contributed by atoms with Crippen LogP contribution in [-0.4, -0.2) is 35.5 Å². The maximum absolute atomic E-state index is 6.57. The van der Waals surface area contributed by atoms with Crippen LogP contribution in [0.2, 0.25) is 0 Å². The summed E-state index contributed by atoms with van der Waals surface area (Å²) in [6, 6.07) is 22.1. The Hall–Kier alpha value is -6.20. The molecule has 10 bridgehead atoms. The van der Waals surface area contributed by atoms with Crippen molar-refractivity contribution in [3.63, 3.8) is 0 Å². The van der Waals surface area contributed by atoms with Crippen LogP contribution in [0.3, 0.4) is 0 Å². The molecule has 5 heteroatoms. The molecular weight excluding hydrogens is 861 g/mol. The molecule has 0 spiro atoms. The van der Waals surface area contributed by atoms with Gasteiger partial charge in [0.2, 0.25) is 0 Å². The molecule has 370 valence electrons. The van der Waals surface area contributed by atoms with E-state index < -0.39 is 0 Å². The quantitative estimate of drug-likeness (QED) is 0.172. The highest BCUT2D eigenvalue weighted by Gasteiger charge is 2.33. The number of methoxy groups -OCH3 is 5. The van der Waals surface area contributed by atoms with Crippen LogP contribution in [0.1, 0.15) is 187 Å². The van der Waals surface area contributed by atoms with E-state index in [2.05, 4.69) is 165 Å². The number of fused-ring (bicyclic) bond motifs is 10. The maximum atomic E-state index is 6.57. The van der Waals surface area contributed by atoms with Gasteiger partial charge in [-0.1, -0.05) is 137 Å². The van der Waals surface area contributed by atoms with Crippen LogP contribution in [0.15, 0.2) is 93.6 Å². The van der Waals surface area contributed by atoms with E-state index in [0.717, 1.165) is 111 Å². The zero-order chi connectivity index (χ0) is 52.5. The Morgan fingerprint density at radius 3 is 0.400 bits per heavy atom. The third kappa shape index (κ3) is 9.66. The molecule has 0 saturated carbocycles. The van der Waals surface area contributed by atoms with Gasteiger partial charge in [-0.15, -0.1) is 0 Å². The first-order chi connectivity index (χ1) is 32.2. The van der Waals surface area contributed by atoms with Crippen molar-refractivity contribution >= 4 is 27.9 Å². The summed E-state index contributed by atoms with van der Waals surface area (Å²) >= 11 is 0. The summed E-state index contributed by atoms with van der Waals surface area (Å²) in [6.07, 6.45) is 0. The Morgan fingerprint density at radius 1 is 0.229 bits per heavy atom. The van der Waals surface area contributed by atoms with Crippen LogP contribution < -0.4 is 23.7 Å². The van der Waals surface area contributed by atoms with E-state index in [9.17, 15) is 0 Å². The van der Waals surface area contributed by atoms with E-state index >= 15 is 0 Å². The van der Waals surface area contributed by atoms with Crippen molar-refractivity contribution < 1.29 is 23.7 Å². The topological polar surface area (TPSA) is 46.2 Å². The Labute approximate surface area is 422 Å². The van der Waals surface area contributed by atoms with Gasteiger partial charge in [-0.05, 0) is 143 Å². The van der Waals surface area contributed by atoms with Gasteiger partial charge in [0.15, 0.2) is 0 Å². The fourth-order valence-corrected chi connectivity index (χ4v) is 9.38. The molecule has 0 amide bonds. The lowest BCUT2D eigenvalue weighted by Gasteiger charge is -2.30. The van der Waals surface area contributed by atoms with Crippen LogP contribution in [0.4, 0.5) is 0 Å². The van der Waals surface area contributed by atoms with Crippen LogP contribution in [0.5, 0.6) is 28.7 Å². The van der Waals surface area contributed by atoms with Crippen LogP contribution >= 0.6 is 0 Å². The molecule has 6 rings (SSSR count). The summed E-state index contributed by atoms with van der Waals surface area (Å²) < 4.78 is 32.8. The monoisotopic (exact) mass is 941 g/mol. The van der Waals surface area contributed by atoms with Crippen molar-refractivity contribution in [3.05, 3.63) is 177 Å². The summed E-state index contributed by atoms with van der Waals surface area (Å²) in [5.41, 5.74) is 15.9. The summed E-state index contributed by atoms with van der Waals surface area (Å²) in [4.78, 5) is 0. The van der Waals surface area contributed by atoms with Crippen molar-refractivity contribution in [1.82, 2.24) is 0 Å². The fraction of sp³-hybridized carbons (Fsp3) is 0.385. The molecule has 5 nitrogen and oxygen atoms in total. The molecule has 70 heavy (non-hydrogen) atoms. The molecule has 0 saturated heterocycles. The van der Waals surface area contributed by atoms with Gasteiger partial charge in [-0.3, -0.25) is 0 Å². The largest absolute Gasteiger partial charge is 0.495 e. The first-order valence-corrected chi connectivity index (χ1v) is 24.4.